The fourth-order valence-electron chi connectivity index (χ4n) is 4.92. The molecule has 1 aromatic carbocycles. The third-order valence-corrected chi connectivity index (χ3v) is 8.11. The highest BCUT2D eigenvalue weighted by Gasteiger charge is 2.39. The second kappa shape index (κ2) is 8.75. The summed E-state index contributed by atoms with van der Waals surface area (Å²) in [5.74, 6) is 0.311. The molecule has 4 aromatic rings. The zero-order chi connectivity index (χ0) is 25.8. The van der Waals surface area contributed by atoms with Crippen molar-refractivity contribution in [1.29, 1.82) is 5.26 Å². The average molecular weight is 514 g/mol. The zero-order valence-electron chi connectivity index (χ0n) is 20.5. The maximum atomic E-state index is 14.5. The lowest BCUT2D eigenvalue weighted by molar-refractivity contribution is -0.141. The maximum absolute atomic E-state index is 14.5. The monoisotopic (exact) mass is 513 g/mol. The molecule has 1 fully saturated rings. The molecule has 0 spiro atoms. The fraction of sp³-hybridized carbons (Fsp3) is 0.400. The number of hydrogen-bond donors (Lipinski definition) is 3. The predicted molar refractivity (Wildman–Crippen MR) is 137 cm³/mol. The molecule has 3 aromatic heterocycles. The van der Waals surface area contributed by atoms with Gasteiger partial charge in [0.05, 0.1) is 17.1 Å². The number of rotatable bonds is 4. The van der Waals surface area contributed by atoms with Crippen LogP contribution in [-0.2, 0) is 6.18 Å². The molecule has 1 atom stereocenters. The Labute approximate surface area is 207 Å². The first-order chi connectivity index (χ1) is 17.0. The van der Waals surface area contributed by atoms with Gasteiger partial charge in [0.15, 0.2) is 17.2 Å². The van der Waals surface area contributed by atoms with Crippen LogP contribution in [0, 0.1) is 11.3 Å². The van der Waals surface area contributed by atoms with Crippen LogP contribution < -0.4 is 15.9 Å². The SMILES string of the molecule is CP(C)c1c(C#N)ccc2c(-c3nc(NC4CCC(C)(C)NC4)c4nccn4c3C(F)(F)F)c[nH]c12. The molecular weight excluding hydrogens is 486 g/mol. The lowest BCUT2D eigenvalue weighted by Crippen LogP contribution is -2.50. The van der Waals surface area contributed by atoms with Crippen LogP contribution in [0.2, 0.25) is 0 Å². The second-order valence-electron chi connectivity index (χ2n) is 10.0. The summed E-state index contributed by atoms with van der Waals surface area (Å²) in [6.45, 7) is 8.97. The molecule has 11 heteroatoms. The number of piperidine rings is 1. The van der Waals surface area contributed by atoms with Crippen molar-refractivity contribution in [2.45, 2.75) is 44.4 Å². The Bertz CT molecular complexity index is 1480. The van der Waals surface area contributed by atoms with Crippen molar-refractivity contribution in [2.24, 2.45) is 0 Å². The third kappa shape index (κ3) is 4.21. The van der Waals surface area contributed by atoms with E-state index in [0.717, 1.165) is 22.5 Å². The van der Waals surface area contributed by atoms with Crippen LogP contribution >= 0.6 is 7.92 Å². The van der Waals surface area contributed by atoms with Crippen molar-refractivity contribution >= 4 is 35.6 Å². The molecule has 4 heterocycles. The molecule has 1 unspecified atom stereocenters. The van der Waals surface area contributed by atoms with Gasteiger partial charge in [-0.05, 0) is 46.1 Å². The third-order valence-electron chi connectivity index (χ3n) is 6.75. The summed E-state index contributed by atoms with van der Waals surface area (Å²) in [7, 11) is -0.685. The Morgan fingerprint density at radius 3 is 2.69 bits per heavy atom. The van der Waals surface area contributed by atoms with E-state index in [1.807, 2.05) is 13.3 Å². The number of nitriles is 1. The van der Waals surface area contributed by atoms with Gasteiger partial charge >= 0.3 is 6.18 Å². The normalized spacial score (nSPS) is 18.1. The number of hydrogen-bond acceptors (Lipinski definition) is 5. The number of anilines is 1. The molecule has 0 amide bonds. The number of nitrogens with zero attached hydrogens (tertiary/aromatic N) is 4. The van der Waals surface area contributed by atoms with Gasteiger partial charge in [-0.1, -0.05) is 14.0 Å². The summed E-state index contributed by atoms with van der Waals surface area (Å²) < 4.78 is 44.5. The van der Waals surface area contributed by atoms with Crippen LogP contribution in [0.15, 0.2) is 30.7 Å². The van der Waals surface area contributed by atoms with Gasteiger partial charge < -0.3 is 15.6 Å². The van der Waals surface area contributed by atoms with Crippen LogP contribution in [0.4, 0.5) is 19.0 Å². The van der Waals surface area contributed by atoms with Crippen LogP contribution in [0.1, 0.15) is 37.9 Å². The summed E-state index contributed by atoms with van der Waals surface area (Å²) in [6.07, 6.45) is 1.35. The van der Waals surface area contributed by atoms with Crippen molar-refractivity contribution in [3.8, 4) is 17.3 Å². The van der Waals surface area contributed by atoms with E-state index in [2.05, 4.69) is 45.5 Å². The molecule has 0 bridgehead atoms. The van der Waals surface area contributed by atoms with E-state index in [9.17, 15) is 18.4 Å². The number of benzene rings is 1. The Kier molecular flexibility index (Phi) is 5.97. The van der Waals surface area contributed by atoms with Crippen LogP contribution in [0.3, 0.4) is 0 Å². The second-order valence-corrected chi connectivity index (χ2v) is 12.2. The maximum Gasteiger partial charge on any atom is 0.433 e. The minimum Gasteiger partial charge on any atom is -0.363 e. The van der Waals surface area contributed by atoms with Crippen LogP contribution in [-0.4, -0.2) is 50.8 Å². The number of H-pyrrole nitrogens is 1. The van der Waals surface area contributed by atoms with E-state index in [1.165, 1.54) is 12.4 Å². The summed E-state index contributed by atoms with van der Waals surface area (Å²) in [6, 6.07) is 5.59. The summed E-state index contributed by atoms with van der Waals surface area (Å²) in [5.41, 5.74) is 0.616. The minimum atomic E-state index is -4.67. The standard InChI is InChI=1S/C25H27F3N7P/c1-24(2)8-7-15(12-32-24)33-22-23-30-9-10-35(23)21(25(26,27)28)19(34-22)17-13-31-18-16(17)6-5-14(11-29)20(18)36(3)4/h5-6,9-10,13,15,31-32H,7-8,12H2,1-4H3,(H,33,34). The Hall–Kier alpha value is -3.15. The summed E-state index contributed by atoms with van der Waals surface area (Å²) in [5, 5.41) is 17.8. The first kappa shape index (κ1) is 24.5. The van der Waals surface area contributed by atoms with Gasteiger partial charge in [-0.25, -0.2) is 9.97 Å². The van der Waals surface area contributed by atoms with Crippen molar-refractivity contribution in [1.82, 2.24) is 24.7 Å². The van der Waals surface area contributed by atoms with Crippen LogP contribution in [0.25, 0.3) is 27.8 Å². The minimum absolute atomic E-state index is 0.00658. The molecule has 188 valence electrons. The molecule has 36 heavy (non-hydrogen) atoms. The highest BCUT2D eigenvalue weighted by atomic mass is 31.1. The first-order valence-corrected chi connectivity index (χ1v) is 13.9. The number of fused-ring (bicyclic) bond motifs is 2. The number of aromatic nitrogens is 4. The van der Waals surface area contributed by atoms with E-state index >= 15 is 0 Å². The van der Waals surface area contributed by atoms with E-state index in [1.54, 1.807) is 18.3 Å². The topological polar surface area (TPSA) is 93.8 Å². The molecule has 7 nitrogen and oxygen atoms in total. The average Bonchev–Trinajstić information content (AvgIpc) is 3.45. The van der Waals surface area contributed by atoms with Gasteiger partial charge in [0.1, 0.15) is 5.69 Å². The van der Waals surface area contributed by atoms with Gasteiger partial charge in [-0.3, -0.25) is 4.40 Å². The van der Waals surface area contributed by atoms with Crippen molar-refractivity contribution in [3.63, 3.8) is 0 Å². The van der Waals surface area contributed by atoms with Crippen molar-refractivity contribution < 1.29 is 13.2 Å². The number of aromatic amines is 1. The van der Waals surface area contributed by atoms with E-state index in [-0.39, 0.29) is 22.9 Å². The molecule has 0 radical (unpaired) electrons. The molecule has 1 aliphatic rings. The van der Waals surface area contributed by atoms with Gasteiger partial charge in [-0.2, -0.15) is 18.4 Å². The van der Waals surface area contributed by atoms with E-state index < -0.39 is 19.8 Å². The molecule has 5 rings (SSSR count). The molecule has 3 N–H and O–H groups in total. The number of halogens is 3. The van der Waals surface area contributed by atoms with Gasteiger partial charge in [0, 0.05) is 53.0 Å². The van der Waals surface area contributed by atoms with Gasteiger partial charge in [0.25, 0.3) is 0 Å². The number of nitrogens with one attached hydrogen (secondary N) is 3. The van der Waals surface area contributed by atoms with Crippen molar-refractivity contribution in [3.05, 3.63) is 42.0 Å². The lowest BCUT2D eigenvalue weighted by atomic mass is 9.91. The predicted octanol–water partition coefficient (Wildman–Crippen LogP) is 5.08. The Morgan fingerprint density at radius 2 is 2.06 bits per heavy atom. The summed E-state index contributed by atoms with van der Waals surface area (Å²) >= 11 is 0. The Balaban J connectivity index is 1.71. The van der Waals surface area contributed by atoms with Gasteiger partial charge in [-0.15, -0.1) is 0 Å². The van der Waals surface area contributed by atoms with E-state index in [0.29, 0.717) is 34.4 Å². The molecule has 0 aliphatic carbocycles. The van der Waals surface area contributed by atoms with Gasteiger partial charge in [0.2, 0.25) is 0 Å². The zero-order valence-corrected chi connectivity index (χ0v) is 21.3. The molecule has 1 saturated heterocycles. The largest absolute Gasteiger partial charge is 0.433 e. The highest BCUT2D eigenvalue weighted by Crippen LogP contribution is 2.41. The first-order valence-electron chi connectivity index (χ1n) is 11.7. The van der Waals surface area contributed by atoms with Crippen molar-refractivity contribution in [2.75, 3.05) is 25.2 Å². The molecule has 1 aliphatic heterocycles. The fourth-order valence-corrected chi connectivity index (χ4v) is 6.16. The Morgan fingerprint density at radius 1 is 1.28 bits per heavy atom. The van der Waals surface area contributed by atoms with Crippen LogP contribution in [0.5, 0.6) is 0 Å². The highest BCUT2D eigenvalue weighted by molar-refractivity contribution is 7.64. The molecule has 0 saturated carbocycles. The quantitative estimate of drug-likeness (QED) is 0.331. The number of alkyl halides is 3. The summed E-state index contributed by atoms with van der Waals surface area (Å²) in [4.78, 5) is 11.9. The lowest BCUT2D eigenvalue weighted by Gasteiger charge is -2.36. The smallest absolute Gasteiger partial charge is 0.363 e. The van der Waals surface area contributed by atoms with E-state index in [4.69, 9.17) is 0 Å². The molecular formula is C25H27F3N7P. The number of imidazole rings is 1.